The summed E-state index contributed by atoms with van der Waals surface area (Å²) in [6.07, 6.45) is 11.3. The normalized spacial score (nSPS) is 28.8. The van der Waals surface area contributed by atoms with Crippen molar-refractivity contribution in [2.75, 3.05) is 0 Å². The van der Waals surface area contributed by atoms with E-state index in [-0.39, 0.29) is 29.6 Å². The summed E-state index contributed by atoms with van der Waals surface area (Å²) < 4.78 is 0. The van der Waals surface area contributed by atoms with Gasteiger partial charge < -0.3 is 20.4 Å². The number of carbonyl (C=O) groups is 1. The monoisotopic (exact) mass is 386 g/mol. The van der Waals surface area contributed by atoms with E-state index in [4.69, 9.17) is 5.11 Å². The molecule has 5 nitrogen and oxygen atoms in total. The van der Waals surface area contributed by atoms with Crippen LogP contribution in [-0.4, -0.2) is 50.0 Å². The molecule has 4 N–H and O–H groups in total. The first-order valence-corrected chi connectivity index (χ1v) is 10.1. The fourth-order valence-electron chi connectivity index (χ4n) is 3.42. The van der Waals surface area contributed by atoms with E-state index in [1.807, 2.05) is 18.2 Å². The van der Waals surface area contributed by atoms with Gasteiger partial charge in [-0.05, 0) is 57.8 Å². The number of rotatable bonds is 12. The molecule has 6 heteroatoms. The van der Waals surface area contributed by atoms with Crippen LogP contribution in [0.1, 0.15) is 58.3 Å². The third-order valence-electron chi connectivity index (χ3n) is 4.93. The Morgan fingerprint density at radius 3 is 2.62 bits per heavy atom. The maximum atomic E-state index is 10.5. The standard InChI is InChI=1S/C20H34O5S/c1-14(21)7-6-8-15(22)11-12-16-17(19(26)13-18(16)23)9-4-2-3-5-10-20(24)25/h2,4,11-12,14-19,21-23,26H,3,5-10,13H2,1H3,(H,24,25)/b4-2-,12-11+/t14-,15+,16-,17-,18-,19-/m1/s1. The molecular weight excluding hydrogens is 352 g/mol. The Balaban J connectivity index is 2.46. The summed E-state index contributed by atoms with van der Waals surface area (Å²) in [5.74, 6) is -0.609. The molecule has 1 aliphatic carbocycles. The number of aliphatic hydroxyl groups is 3. The van der Waals surface area contributed by atoms with Crippen molar-refractivity contribution in [1.82, 2.24) is 0 Å². The topological polar surface area (TPSA) is 98.0 Å². The molecule has 0 aromatic rings. The van der Waals surface area contributed by atoms with Gasteiger partial charge in [-0.1, -0.05) is 24.3 Å². The number of allylic oxidation sites excluding steroid dienone is 2. The summed E-state index contributed by atoms with van der Waals surface area (Å²) in [5, 5.41) is 38.3. The minimum Gasteiger partial charge on any atom is -0.481 e. The van der Waals surface area contributed by atoms with Crippen LogP contribution in [0.15, 0.2) is 24.3 Å². The van der Waals surface area contributed by atoms with Crippen LogP contribution < -0.4 is 0 Å². The van der Waals surface area contributed by atoms with Gasteiger partial charge in [0.2, 0.25) is 0 Å². The zero-order chi connectivity index (χ0) is 19.5. The van der Waals surface area contributed by atoms with Crippen LogP contribution >= 0.6 is 12.6 Å². The maximum absolute atomic E-state index is 10.5. The number of hydrogen-bond donors (Lipinski definition) is 5. The maximum Gasteiger partial charge on any atom is 0.303 e. The molecule has 0 radical (unpaired) electrons. The quantitative estimate of drug-likeness (QED) is 0.202. The average Bonchev–Trinajstić information content (AvgIpc) is 2.81. The molecule has 150 valence electrons. The van der Waals surface area contributed by atoms with Gasteiger partial charge in [-0.15, -0.1) is 0 Å². The lowest BCUT2D eigenvalue weighted by Crippen LogP contribution is -2.19. The highest BCUT2D eigenvalue weighted by molar-refractivity contribution is 7.81. The first kappa shape index (κ1) is 23.2. The van der Waals surface area contributed by atoms with E-state index in [2.05, 4.69) is 12.6 Å². The van der Waals surface area contributed by atoms with Crippen LogP contribution in [0.3, 0.4) is 0 Å². The molecule has 0 unspecified atom stereocenters. The lowest BCUT2D eigenvalue weighted by molar-refractivity contribution is -0.137. The summed E-state index contributed by atoms with van der Waals surface area (Å²) in [6.45, 7) is 1.74. The first-order valence-electron chi connectivity index (χ1n) is 9.58. The molecule has 0 aromatic carbocycles. The van der Waals surface area contributed by atoms with Gasteiger partial charge in [0, 0.05) is 17.6 Å². The fourth-order valence-corrected chi connectivity index (χ4v) is 3.96. The van der Waals surface area contributed by atoms with Gasteiger partial charge in [0.25, 0.3) is 0 Å². The van der Waals surface area contributed by atoms with E-state index in [0.29, 0.717) is 25.7 Å². The third-order valence-corrected chi connectivity index (χ3v) is 5.52. The molecule has 26 heavy (non-hydrogen) atoms. The van der Waals surface area contributed by atoms with Gasteiger partial charge in [-0.3, -0.25) is 4.79 Å². The van der Waals surface area contributed by atoms with Crippen LogP contribution in [0.2, 0.25) is 0 Å². The lowest BCUT2D eigenvalue weighted by atomic mass is 9.90. The second kappa shape index (κ2) is 12.5. The minimum atomic E-state index is -0.773. The van der Waals surface area contributed by atoms with E-state index in [9.17, 15) is 20.1 Å². The molecule has 0 amide bonds. The highest BCUT2D eigenvalue weighted by atomic mass is 32.1. The largest absolute Gasteiger partial charge is 0.481 e. The SMILES string of the molecule is C[C@@H](O)CCC[C@H](O)/C=C/[C@@H]1[C@@H](C/C=C\CCCC(=O)O)[C@H](S)C[C@H]1O. The third kappa shape index (κ3) is 9.21. The van der Waals surface area contributed by atoms with Crippen molar-refractivity contribution < 1.29 is 25.2 Å². The molecule has 0 aliphatic heterocycles. The molecule has 0 heterocycles. The average molecular weight is 387 g/mol. The van der Waals surface area contributed by atoms with Gasteiger partial charge in [0.15, 0.2) is 0 Å². The van der Waals surface area contributed by atoms with Gasteiger partial charge in [-0.25, -0.2) is 0 Å². The Morgan fingerprint density at radius 1 is 1.23 bits per heavy atom. The van der Waals surface area contributed by atoms with Crippen LogP contribution in [0.25, 0.3) is 0 Å². The van der Waals surface area contributed by atoms with E-state index in [1.165, 1.54) is 0 Å². The van der Waals surface area contributed by atoms with E-state index in [1.54, 1.807) is 13.0 Å². The predicted octanol–water partition coefficient (Wildman–Crippen LogP) is 2.95. The van der Waals surface area contributed by atoms with Crippen molar-refractivity contribution in [2.45, 2.75) is 81.9 Å². The molecule has 0 bridgehead atoms. The zero-order valence-electron chi connectivity index (χ0n) is 15.6. The fraction of sp³-hybridized carbons (Fsp3) is 0.750. The molecule has 1 saturated carbocycles. The highest BCUT2D eigenvalue weighted by Gasteiger charge is 2.38. The van der Waals surface area contributed by atoms with Crippen LogP contribution in [-0.2, 0) is 4.79 Å². The number of aliphatic carboxylic acids is 1. The summed E-state index contributed by atoms with van der Waals surface area (Å²) in [7, 11) is 0. The van der Waals surface area contributed by atoms with Crippen LogP contribution in [0, 0.1) is 11.8 Å². The summed E-state index contributed by atoms with van der Waals surface area (Å²) in [5.41, 5.74) is 0. The number of unbranched alkanes of at least 4 members (excludes halogenated alkanes) is 1. The van der Waals surface area contributed by atoms with Crippen molar-refractivity contribution in [1.29, 1.82) is 0 Å². The van der Waals surface area contributed by atoms with Crippen molar-refractivity contribution in [3.05, 3.63) is 24.3 Å². The van der Waals surface area contributed by atoms with Crippen molar-refractivity contribution in [3.8, 4) is 0 Å². The summed E-state index contributed by atoms with van der Waals surface area (Å²) >= 11 is 4.60. The Hall–Kier alpha value is -0.820. The van der Waals surface area contributed by atoms with Gasteiger partial charge in [-0.2, -0.15) is 12.6 Å². The minimum absolute atomic E-state index is 0.0346. The van der Waals surface area contributed by atoms with E-state index < -0.39 is 18.2 Å². The number of aliphatic hydroxyl groups excluding tert-OH is 3. The summed E-state index contributed by atoms with van der Waals surface area (Å²) in [6, 6.07) is 0. The zero-order valence-corrected chi connectivity index (χ0v) is 16.5. The van der Waals surface area contributed by atoms with Gasteiger partial charge >= 0.3 is 5.97 Å². The molecule has 0 aromatic heterocycles. The molecule has 1 aliphatic rings. The Bertz CT molecular complexity index is 463. The van der Waals surface area contributed by atoms with Crippen molar-refractivity contribution >= 4 is 18.6 Å². The van der Waals surface area contributed by atoms with E-state index in [0.717, 1.165) is 19.3 Å². The van der Waals surface area contributed by atoms with Crippen LogP contribution in [0.5, 0.6) is 0 Å². The second-order valence-electron chi connectivity index (χ2n) is 7.34. The smallest absolute Gasteiger partial charge is 0.303 e. The molecule has 1 fully saturated rings. The molecule has 6 atom stereocenters. The number of thiol groups is 1. The van der Waals surface area contributed by atoms with E-state index >= 15 is 0 Å². The Labute approximate surface area is 162 Å². The number of carboxylic acids is 1. The van der Waals surface area contributed by atoms with Gasteiger partial charge in [0.1, 0.15) is 0 Å². The summed E-state index contributed by atoms with van der Waals surface area (Å²) in [4.78, 5) is 10.5. The molecule has 1 rings (SSSR count). The number of carboxylic acid groups (broad SMARTS) is 1. The van der Waals surface area contributed by atoms with Crippen LogP contribution in [0.4, 0.5) is 0 Å². The molecule has 0 spiro atoms. The number of hydrogen-bond acceptors (Lipinski definition) is 5. The first-order chi connectivity index (χ1) is 12.3. The molecule has 0 saturated heterocycles. The Morgan fingerprint density at radius 2 is 1.96 bits per heavy atom. The second-order valence-corrected chi connectivity index (χ2v) is 8.00. The highest BCUT2D eigenvalue weighted by Crippen LogP contribution is 2.39. The molecular formula is C20H34O5S. The van der Waals surface area contributed by atoms with Crippen molar-refractivity contribution in [2.24, 2.45) is 11.8 Å². The van der Waals surface area contributed by atoms with Crippen molar-refractivity contribution in [3.63, 3.8) is 0 Å². The predicted molar refractivity (Wildman–Crippen MR) is 106 cm³/mol. The lowest BCUT2D eigenvalue weighted by Gasteiger charge is -2.20. The Kier molecular flexibility index (Phi) is 11.2. The van der Waals surface area contributed by atoms with Gasteiger partial charge in [0.05, 0.1) is 18.3 Å².